The zero-order valence-corrected chi connectivity index (χ0v) is 18.2. The summed E-state index contributed by atoms with van der Waals surface area (Å²) in [5, 5.41) is 0. The van der Waals surface area contributed by atoms with Gasteiger partial charge in [0, 0.05) is 19.6 Å². The van der Waals surface area contributed by atoms with Gasteiger partial charge in [0.05, 0.1) is 4.90 Å². The van der Waals surface area contributed by atoms with Gasteiger partial charge >= 0.3 is 0 Å². The zero-order valence-electron chi connectivity index (χ0n) is 16.6. The lowest BCUT2D eigenvalue weighted by molar-refractivity contribution is 0.248. The SMILES string of the molecule is Cc1cccc(S(=O)(=O)NCCCCCCN2CCc3ccccc3C2)c1.Cl. The quantitative estimate of drug-likeness (QED) is 0.612. The van der Waals surface area contributed by atoms with Crippen LogP contribution in [0.4, 0.5) is 0 Å². The summed E-state index contributed by atoms with van der Waals surface area (Å²) in [5.41, 5.74) is 3.92. The van der Waals surface area contributed by atoms with E-state index in [-0.39, 0.29) is 12.4 Å². The summed E-state index contributed by atoms with van der Waals surface area (Å²) in [5.74, 6) is 0. The minimum Gasteiger partial charge on any atom is -0.299 e. The van der Waals surface area contributed by atoms with Crippen LogP contribution in [0.15, 0.2) is 53.4 Å². The molecule has 0 bridgehead atoms. The third-order valence-corrected chi connectivity index (χ3v) is 6.66. The Morgan fingerprint density at radius 1 is 0.964 bits per heavy atom. The molecule has 0 fully saturated rings. The monoisotopic (exact) mass is 422 g/mol. The molecule has 1 aliphatic heterocycles. The van der Waals surface area contributed by atoms with Crippen molar-refractivity contribution >= 4 is 22.4 Å². The van der Waals surface area contributed by atoms with Gasteiger partial charge in [0.2, 0.25) is 10.0 Å². The van der Waals surface area contributed by atoms with Crippen LogP contribution in [-0.2, 0) is 23.0 Å². The number of unbranched alkanes of at least 4 members (excludes halogenated alkanes) is 3. The fourth-order valence-electron chi connectivity index (χ4n) is 3.63. The molecule has 1 aliphatic rings. The number of halogens is 1. The molecule has 0 atom stereocenters. The Morgan fingerprint density at radius 3 is 2.50 bits per heavy atom. The molecule has 0 aliphatic carbocycles. The second kappa shape index (κ2) is 11.0. The van der Waals surface area contributed by atoms with Crippen LogP contribution in [-0.4, -0.2) is 33.0 Å². The van der Waals surface area contributed by atoms with E-state index in [4.69, 9.17) is 0 Å². The molecule has 0 radical (unpaired) electrons. The largest absolute Gasteiger partial charge is 0.299 e. The molecular weight excluding hydrogens is 392 g/mol. The van der Waals surface area contributed by atoms with Gasteiger partial charge < -0.3 is 0 Å². The Bertz CT molecular complexity index is 855. The summed E-state index contributed by atoms with van der Waals surface area (Å²) in [6.45, 7) is 5.75. The molecule has 2 aromatic rings. The van der Waals surface area contributed by atoms with E-state index in [2.05, 4.69) is 33.9 Å². The average molecular weight is 423 g/mol. The van der Waals surface area contributed by atoms with Crippen LogP contribution in [0.2, 0.25) is 0 Å². The summed E-state index contributed by atoms with van der Waals surface area (Å²) < 4.78 is 27.2. The Kier molecular flexibility index (Phi) is 8.96. The summed E-state index contributed by atoms with van der Waals surface area (Å²) >= 11 is 0. The lowest BCUT2D eigenvalue weighted by Crippen LogP contribution is -2.31. The van der Waals surface area contributed by atoms with E-state index in [0.717, 1.165) is 50.9 Å². The Hall–Kier alpha value is -1.40. The second-order valence-corrected chi connectivity index (χ2v) is 9.19. The number of nitrogens with zero attached hydrogens (tertiary/aromatic N) is 1. The maximum Gasteiger partial charge on any atom is 0.240 e. The number of nitrogens with one attached hydrogen (secondary N) is 1. The predicted molar refractivity (Wildman–Crippen MR) is 118 cm³/mol. The molecule has 2 aromatic carbocycles. The highest BCUT2D eigenvalue weighted by Gasteiger charge is 2.15. The first kappa shape index (κ1) is 22.9. The number of fused-ring (bicyclic) bond motifs is 1. The van der Waals surface area contributed by atoms with Crippen molar-refractivity contribution in [2.24, 2.45) is 0 Å². The molecule has 0 saturated heterocycles. The van der Waals surface area contributed by atoms with Gasteiger partial charge in [0.15, 0.2) is 0 Å². The van der Waals surface area contributed by atoms with Crippen LogP contribution in [0.1, 0.15) is 42.4 Å². The third kappa shape index (κ3) is 6.59. The van der Waals surface area contributed by atoms with Crippen molar-refractivity contribution in [1.82, 2.24) is 9.62 Å². The minimum atomic E-state index is -3.38. The second-order valence-electron chi connectivity index (χ2n) is 7.42. The first-order chi connectivity index (χ1) is 13.0. The molecule has 154 valence electrons. The number of rotatable bonds is 9. The zero-order chi connectivity index (χ0) is 19.1. The molecule has 1 N–H and O–H groups in total. The van der Waals surface area contributed by atoms with E-state index in [0.29, 0.717) is 11.4 Å². The van der Waals surface area contributed by atoms with Crippen LogP contribution in [0.3, 0.4) is 0 Å². The van der Waals surface area contributed by atoms with Crippen molar-refractivity contribution in [2.75, 3.05) is 19.6 Å². The van der Waals surface area contributed by atoms with Crippen molar-refractivity contribution in [2.45, 2.75) is 50.5 Å². The molecular formula is C22H31ClN2O2S. The fourth-order valence-corrected chi connectivity index (χ4v) is 4.81. The number of hydrogen-bond acceptors (Lipinski definition) is 3. The van der Waals surface area contributed by atoms with E-state index in [1.165, 1.54) is 17.5 Å². The van der Waals surface area contributed by atoms with E-state index >= 15 is 0 Å². The van der Waals surface area contributed by atoms with Crippen LogP contribution in [0.5, 0.6) is 0 Å². The molecule has 0 saturated carbocycles. The van der Waals surface area contributed by atoms with Gasteiger partial charge in [-0.05, 0) is 61.6 Å². The standard InChI is InChI=1S/C22H30N2O2S.ClH/c1-19-9-8-12-22(17-19)27(25,26)23-14-6-2-3-7-15-24-16-13-20-10-4-5-11-21(20)18-24;/h4-5,8-12,17,23H,2-3,6-7,13-16,18H2,1H3;1H. The van der Waals surface area contributed by atoms with Crippen molar-refractivity contribution in [1.29, 1.82) is 0 Å². The molecule has 0 amide bonds. The number of aryl methyl sites for hydroxylation is 1. The topological polar surface area (TPSA) is 49.4 Å². The Balaban J connectivity index is 0.00000280. The van der Waals surface area contributed by atoms with Gasteiger partial charge in [-0.15, -0.1) is 12.4 Å². The van der Waals surface area contributed by atoms with E-state index < -0.39 is 10.0 Å². The molecule has 1 heterocycles. The highest BCUT2D eigenvalue weighted by molar-refractivity contribution is 7.89. The normalized spacial score (nSPS) is 14.3. The van der Waals surface area contributed by atoms with Crippen molar-refractivity contribution in [3.8, 4) is 0 Å². The van der Waals surface area contributed by atoms with E-state index in [1.54, 1.807) is 18.2 Å². The van der Waals surface area contributed by atoms with Gasteiger partial charge in [-0.1, -0.05) is 49.2 Å². The minimum absolute atomic E-state index is 0. The summed E-state index contributed by atoms with van der Waals surface area (Å²) in [6, 6.07) is 15.8. The van der Waals surface area contributed by atoms with Gasteiger partial charge in [0.25, 0.3) is 0 Å². The average Bonchev–Trinajstić information content (AvgIpc) is 2.67. The van der Waals surface area contributed by atoms with Crippen LogP contribution in [0.25, 0.3) is 0 Å². The summed E-state index contributed by atoms with van der Waals surface area (Å²) in [7, 11) is -3.38. The molecule has 0 aromatic heterocycles. The third-order valence-electron chi connectivity index (χ3n) is 5.20. The first-order valence-corrected chi connectivity index (χ1v) is 11.4. The lowest BCUT2D eigenvalue weighted by atomic mass is 10.00. The highest BCUT2D eigenvalue weighted by atomic mass is 35.5. The van der Waals surface area contributed by atoms with Gasteiger partial charge in [-0.2, -0.15) is 0 Å². The maximum atomic E-state index is 12.3. The number of hydrogen-bond donors (Lipinski definition) is 1. The summed E-state index contributed by atoms with van der Waals surface area (Å²) in [6.07, 6.45) is 5.41. The molecule has 4 nitrogen and oxygen atoms in total. The molecule has 0 unspecified atom stereocenters. The molecule has 0 spiro atoms. The van der Waals surface area contributed by atoms with Crippen LogP contribution < -0.4 is 4.72 Å². The molecule has 28 heavy (non-hydrogen) atoms. The van der Waals surface area contributed by atoms with Crippen molar-refractivity contribution in [3.63, 3.8) is 0 Å². The smallest absolute Gasteiger partial charge is 0.240 e. The molecule has 3 rings (SSSR count). The van der Waals surface area contributed by atoms with Gasteiger partial charge in [-0.3, -0.25) is 4.90 Å². The van der Waals surface area contributed by atoms with Gasteiger partial charge in [0.1, 0.15) is 0 Å². The van der Waals surface area contributed by atoms with Crippen LogP contribution >= 0.6 is 12.4 Å². The fraction of sp³-hybridized carbons (Fsp3) is 0.455. The van der Waals surface area contributed by atoms with Gasteiger partial charge in [-0.25, -0.2) is 13.1 Å². The Labute approximate surface area is 175 Å². The van der Waals surface area contributed by atoms with E-state index in [9.17, 15) is 8.42 Å². The van der Waals surface area contributed by atoms with Crippen molar-refractivity contribution in [3.05, 3.63) is 65.2 Å². The Morgan fingerprint density at radius 2 is 1.71 bits per heavy atom. The first-order valence-electron chi connectivity index (χ1n) is 9.90. The summed E-state index contributed by atoms with van der Waals surface area (Å²) in [4.78, 5) is 2.89. The van der Waals surface area contributed by atoms with E-state index in [1.807, 2.05) is 13.0 Å². The maximum absolute atomic E-state index is 12.3. The lowest BCUT2D eigenvalue weighted by Gasteiger charge is -2.28. The molecule has 6 heteroatoms. The number of benzene rings is 2. The predicted octanol–water partition coefficient (Wildman–Crippen LogP) is 4.31. The van der Waals surface area contributed by atoms with Crippen molar-refractivity contribution < 1.29 is 8.42 Å². The van der Waals surface area contributed by atoms with Crippen LogP contribution in [0, 0.1) is 6.92 Å². The number of sulfonamides is 1. The highest BCUT2D eigenvalue weighted by Crippen LogP contribution is 2.19.